The largest absolute Gasteiger partial charge is 0.218 e. The van der Waals surface area contributed by atoms with Crippen LogP contribution in [0.3, 0.4) is 0 Å². The Morgan fingerprint density at radius 3 is 2.50 bits per heavy atom. The van der Waals surface area contributed by atoms with Crippen LogP contribution in [-0.4, -0.2) is 8.42 Å². The van der Waals surface area contributed by atoms with E-state index in [1.165, 1.54) is 24.3 Å². The van der Waals surface area contributed by atoms with E-state index in [0.29, 0.717) is 8.95 Å². The Morgan fingerprint density at radius 1 is 1.18 bits per heavy atom. The lowest BCUT2D eigenvalue weighted by atomic mass is 10.2. The number of allylic oxidation sites excluding steroid dienone is 1. The fourth-order valence-corrected chi connectivity index (χ4v) is 4.35. The molecule has 0 saturated heterocycles. The molecular weight excluding hydrogens is 437 g/mol. The van der Waals surface area contributed by atoms with Gasteiger partial charge in [-0.2, -0.15) is 5.26 Å². The standard InChI is InChI=1S/C15H8Br2FNO2S/c16-11-5-6-13(17)15(8-11)22(20,21)12(9-19)7-10-3-1-2-4-14(10)18/h1-8H. The second-order valence-electron chi connectivity index (χ2n) is 4.22. The molecule has 0 aliphatic heterocycles. The lowest BCUT2D eigenvalue weighted by molar-refractivity contribution is 0.603. The zero-order valence-corrected chi connectivity index (χ0v) is 14.9. The van der Waals surface area contributed by atoms with Gasteiger partial charge in [-0.1, -0.05) is 34.1 Å². The summed E-state index contributed by atoms with van der Waals surface area (Å²) in [6, 6.07) is 11.9. The molecule has 0 N–H and O–H groups in total. The maximum absolute atomic E-state index is 13.7. The highest BCUT2D eigenvalue weighted by Crippen LogP contribution is 2.30. The highest BCUT2D eigenvalue weighted by Gasteiger charge is 2.24. The smallest absolute Gasteiger partial charge is 0.217 e. The number of sulfone groups is 1. The van der Waals surface area contributed by atoms with Crippen LogP contribution in [0.15, 0.2) is 61.2 Å². The molecule has 0 amide bonds. The molecule has 2 rings (SSSR count). The summed E-state index contributed by atoms with van der Waals surface area (Å²) in [6.45, 7) is 0. The van der Waals surface area contributed by atoms with Crippen molar-refractivity contribution in [1.82, 2.24) is 0 Å². The van der Waals surface area contributed by atoms with Crippen LogP contribution in [0.4, 0.5) is 4.39 Å². The fourth-order valence-electron chi connectivity index (χ4n) is 1.70. The molecule has 0 radical (unpaired) electrons. The van der Waals surface area contributed by atoms with E-state index in [9.17, 15) is 18.1 Å². The summed E-state index contributed by atoms with van der Waals surface area (Å²) in [4.78, 5) is -0.595. The van der Waals surface area contributed by atoms with E-state index in [2.05, 4.69) is 31.9 Å². The van der Waals surface area contributed by atoms with Crippen LogP contribution in [-0.2, 0) is 9.84 Å². The highest BCUT2D eigenvalue weighted by atomic mass is 79.9. The van der Waals surface area contributed by atoms with Gasteiger partial charge < -0.3 is 0 Å². The Hall–Kier alpha value is -1.49. The van der Waals surface area contributed by atoms with Gasteiger partial charge >= 0.3 is 0 Å². The van der Waals surface area contributed by atoms with Crippen molar-refractivity contribution in [3.05, 3.63) is 67.7 Å². The van der Waals surface area contributed by atoms with Gasteiger partial charge in [0.05, 0.1) is 4.90 Å². The van der Waals surface area contributed by atoms with Crippen LogP contribution in [0.2, 0.25) is 0 Å². The second kappa shape index (κ2) is 6.73. The molecule has 2 aromatic carbocycles. The molecule has 22 heavy (non-hydrogen) atoms. The first-order chi connectivity index (χ1) is 10.4. The van der Waals surface area contributed by atoms with Crippen LogP contribution < -0.4 is 0 Å². The third-order valence-corrected chi connectivity index (χ3v) is 5.93. The summed E-state index contributed by atoms with van der Waals surface area (Å²) < 4.78 is 39.7. The number of benzene rings is 2. The zero-order valence-electron chi connectivity index (χ0n) is 10.9. The topological polar surface area (TPSA) is 57.9 Å². The van der Waals surface area contributed by atoms with Crippen LogP contribution >= 0.6 is 31.9 Å². The lowest BCUT2D eigenvalue weighted by Gasteiger charge is -2.06. The predicted octanol–water partition coefficient (Wildman–Crippen LogP) is 4.69. The van der Waals surface area contributed by atoms with Crippen LogP contribution in [0.25, 0.3) is 6.08 Å². The minimum absolute atomic E-state index is 0.0359. The molecular formula is C15H8Br2FNO2S. The average molecular weight is 445 g/mol. The Labute approximate surface area is 144 Å². The number of hydrogen-bond donors (Lipinski definition) is 0. The summed E-state index contributed by atoms with van der Waals surface area (Å²) in [5.74, 6) is -0.598. The summed E-state index contributed by atoms with van der Waals surface area (Å²) in [7, 11) is -4.06. The Morgan fingerprint density at radius 2 is 1.86 bits per heavy atom. The number of nitrogens with zero attached hydrogens (tertiary/aromatic N) is 1. The molecule has 0 bridgehead atoms. The number of halogens is 3. The molecule has 2 aromatic rings. The van der Waals surface area contributed by atoms with E-state index in [0.717, 1.165) is 6.08 Å². The molecule has 0 heterocycles. The first-order valence-corrected chi connectivity index (χ1v) is 8.99. The van der Waals surface area contributed by atoms with E-state index in [1.54, 1.807) is 24.3 Å². The summed E-state index contributed by atoms with van der Waals surface area (Å²) >= 11 is 6.34. The van der Waals surface area contributed by atoms with Crippen molar-refractivity contribution < 1.29 is 12.8 Å². The molecule has 0 aliphatic rings. The highest BCUT2D eigenvalue weighted by molar-refractivity contribution is 9.11. The SMILES string of the molecule is N#CC(=Cc1ccccc1F)S(=O)(=O)c1cc(Br)ccc1Br. The molecule has 0 unspecified atom stereocenters. The van der Waals surface area contributed by atoms with Gasteiger partial charge in [0.2, 0.25) is 9.84 Å². The minimum atomic E-state index is -4.06. The van der Waals surface area contributed by atoms with Crippen molar-refractivity contribution >= 4 is 47.8 Å². The summed E-state index contributed by atoms with van der Waals surface area (Å²) in [5, 5.41) is 9.19. The van der Waals surface area contributed by atoms with Gasteiger partial charge in [-0.15, -0.1) is 0 Å². The maximum Gasteiger partial charge on any atom is 0.217 e. The van der Waals surface area contributed by atoms with Crippen molar-refractivity contribution in [2.45, 2.75) is 4.90 Å². The van der Waals surface area contributed by atoms with Crippen molar-refractivity contribution in [2.24, 2.45) is 0 Å². The Bertz CT molecular complexity index is 902. The fraction of sp³-hybridized carbons (Fsp3) is 0. The first kappa shape index (κ1) is 16.9. The van der Waals surface area contributed by atoms with E-state index >= 15 is 0 Å². The summed E-state index contributed by atoms with van der Waals surface area (Å²) in [5.41, 5.74) is 0.0359. The second-order valence-corrected chi connectivity index (χ2v) is 7.88. The average Bonchev–Trinajstić information content (AvgIpc) is 2.48. The molecule has 0 atom stereocenters. The van der Waals surface area contributed by atoms with Gasteiger partial charge in [-0.3, -0.25) is 0 Å². The Kier molecular flexibility index (Phi) is 5.16. The Balaban J connectivity index is 2.63. The van der Waals surface area contributed by atoms with Gasteiger partial charge in [0.1, 0.15) is 16.8 Å². The lowest BCUT2D eigenvalue weighted by Crippen LogP contribution is -2.05. The minimum Gasteiger partial charge on any atom is -0.218 e. The van der Waals surface area contributed by atoms with Crippen molar-refractivity contribution in [3.8, 4) is 6.07 Å². The molecule has 0 aliphatic carbocycles. The van der Waals surface area contributed by atoms with Gasteiger partial charge in [-0.25, -0.2) is 12.8 Å². The molecule has 112 valence electrons. The predicted molar refractivity (Wildman–Crippen MR) is 89.0 cm³/mol. The summed E-state index contributed by atoms with van der Waals surface area (Å²) in [6.07, 6.45) is 1.03. The van der Waals surface area contributed by atoms with Crippen molar-refractivity contribution in [1.29, 1.82) is 5.26 Å². The van der Waals surface area contributed by atoms with Crippen molar-refractivity contribution in [3.63, 3.8) is 0 Å². The van der Waals surface area contributed by atoms with Gasteiger partial charge in [0.25, 0.3) is 0 Å². The van der Waals surface area contributed by atoms with E-state index in [-0.39, 0.29) is 10.5 Å². The monoisotopic (exact) mass is 443 g/mol. The van der Waals surface area contributed by atoms with Crippen molar-refractivity contribution in [2.75, 3.05) is 0 Å². The quantitative estimate of drug-likeness (QED) is 0.645. The maximum atomic E-state index is 13.7. The molecule has 0 saturated carbocycles. The molecule has 3 nitrogen and oxygen atoms in total. The van der Waals surface area contributed by atoms with Crippen LogP contribution in [0.1, 0.15) is 5.56 Å². The number of nitriles is 1. The number of rotatable bonds is 3. The molecule has 7 heteroatoms. The van der Waals surface area contributed by atoms with Gasteiger partial charge in [0, 0.05) is 14.5 Å². The molecule has 0 fully saturated rings. The normalized spacial score (nSPS) is 12.0. The molecule has 0 spiro atoms. The third kappa shape index (κ3) is 3.46. The van der Waals surface area contributed by atoms with E-state index < -0.39 is 20.6 Å². The van der Waals surface area contributed by atoms with E-state index in [1.807, 2.05) is 0 Å². The van der Waals surface area contributed by atoms with Gasteiger partial charge in [0.15, 0.2) is 0 Å². The van der Waals surface area contributed by atoms with Gasteiger partial charge in [-0.05, 0) is 46.3 Å². The van der Waals surface area contributed by atoms with E-state index in [4.69, 9.17) is 0 Å². The number of hydrogen-bond acceptors (Lipinski definition) is 3. The van der Waals surface area contributed by atoms with Crippen LogP contribution in [0.5, 0.6) is 0 Å². The molecule has 0 aromatic heterocycles. The first-order valence-electron chi connectivity index (χ1n) is 5.92. The van der Waals surface area contributed by atoms with Crippen LogP contribution in [0, 0.1) is 17.1 Å². The zero-order chi connectivity index (χ0) is 16.3. The third-order valence-electron chi connectivity index (χ3n) is 2.77.